The van der Waals surface area contributed by atoms with Gasteiger partial charge in [0.2, 0.25) is 0 Å². The van der Waals surface area contributed by atoms with Gasteiger partial charge >= 0.3 is 5.97 Å². The number of nitrogens with zero attached hydrogens (tertiary/aromatic N) is 1. The van der Waals surface area contributed by atoms with Gasteiger partial charge in [-0.25, -0.2) is 13.8 Å². The standard InChI is InChI=1S/C18H17F2N3OS2.C9H16O2/c1-10-17(25-18(21-2)22-10)11-4-7-15(24-3)16(8-11)26-23-14-6-5-12(19)9-13(14)20;1-2-11-9(10)8-6-4-3-5-7-8/h4-9,23H,1-3H3,(H,21,22);8H,2-7H2,1H3. The van der Waals surface area contributed by atoms with Gasteiger partial charge in [0.25, 0.3) is 0 Å². The lowest BCUT2D eigenvalue weighted by atomic mass is 9.89. The van der Waals surface area contributed by atoms with E-state index in [9.17, 15) is 13.6 Å². The van der Waals surface area contributed by atoms with Gasteiger partial charge in [0, 0.05) is 13.1 Å². The Morgan fingerprint density at radius 2 is 1.92 bits per heavy atom. The number of anilines is 2. The molecule has 0 aliphatic heterocycles. The molecule has 0 unspecified atom stereocenters. The number of carbonyl (C=O) groups is 1. The molecule has 1 fully saturated rings. The Labute approximate surface area is 225 Å². The number of rotatable bonds is 8. The van der Waals surface area contributed by atoms with E-state index >= 15 is 0 Å². The Morgan fingerprint density at radius 3 is 2.54 bits per heavy atom. The van der Waals surface area contributed by atoms with Gasteiger partial charge < -0.3 is 19.5 Å². The lowest BCUT2D eigenvalue weighted by Gasteiger charge is -2.19. The van der Waals surface area contributed by atoms with Crippen LogP contribution in [0.15, 0.2) is 41.3 Å². The smallest absolute Gasteiger partial charge is 0.308 e. The molecule has 6 nitrogen and oxygen atoms in total. The molecule has 0 bridgehead atoms. The van der Waals surface area contributed by atoms with Crippen LogP contribution in [0.3, 0.4) is 0 Å². The molecule has 1 aromatic heterocycles. The first kappa shape index (κ1) is 28.7. The van der Waals surface area contributed by atoms with Crippen LogP contribution in [-0.2, 0) is 9.53 Å². The molecular weight excluding hydrogens is 516 g/mol. The van der Waals surface area contributed by atoms with Gasteiger partial charge in [-0.2, -0.15) is 0 Å². The van der Waals surface area contributed by atoms with E-state index < -0.39 is 11.6 Å². The molecule has 2 N–H and O–H groups in total. The fraction of sp³-hybridized carbons (Fsp3) is 0.407. The molecule has 37 heavy (non-hydrogen) atoms. The number of halogens is 2. The number of esters is 1. The summed E-state index contributed by atoms with van der Waals surface area (Å²) in [5.41, 5.74) is 2.12. The number of hydrogen-bond acceptors (Lipinski definition) is 8. The maximum atomic E-state index is 13.8. The molecule has 1 heterocycles. The van der Waals surface area contributed by atoms with Crippen molar-refractivity contribution >= 4 is 40.1 Å². The van der Waals surface area contributed by atoms with Gasteiger partial charge in [-0.15, -0.1) is 0 Å². The highest BCUT2D eigenvalue weighted by Gasteiger charge is 2.21. The van der Waals surface area contributed by atoms with Crippen molar-refractivity contribution in [3.8, 4) is 16.2 Å². The Kier molecular flexibility index (Phi) is 11.0. The van der Waals surface area contributed by atoms with Gasteiger partial charge in [-0.05, 0) is 74.5 Å². The van der Waals surface area contributed by atoms with Gasteiger partial charge in [0.15, 0.2) is 5.13 Å². The zero-order valence-corrected chi connectivity index (χ0v) is 23.2. The second-order valence-corrected chi connectivity index (χ2v) is 10.3. The average molecular weight is 550 g/mol. The van der Waals surface area contributed by atoms with Crippen molar-refractivity contribution in [2.24, 2.45) is 5.92 Å². The third kappa shape index (κ3) is 8.07. The lowest BCUT2D eigenvalue weighted by molar-refractivity contribution is -0.149. The maximum absolute atomic E-state index is 13.8. The first-order valence-corrected chi connectivity index (χ1v) is 13.9. The molecule has 0 atom stereocenters. The van der Waals surface area contributed by atoms with Crippen molar-refractivity contribution in [1.82, 2.24) is 4.98 Å². The van der Waals surface area contributed by atoms with Crippen LogP contribution < -0.4 is 14.8 Å². The van der Waals surface area contributed by atoms with Crippen LogP contribution in [0.25, 0.3) is 10.4 Å². The largest absolute Gasteiger partial charge is 0.496 e. The van der Waals surface area contributed by atoms with Gasteiger partial charge in [-0.1, -0.05) is 30.6 Å². The van der Waals surface area contributed by atoms with E-state index in [1.807, 2.05) is 39.1 Å². The summed E-state index contributed by atoms with van der Waals surface area (Å²) in [5.74, 6) is -0.371. The number of hydrogen-bond donors (Lipinski definition) is 2. The first-order chi connectivity index (χ1) is 17.9. The molecule has 4 rings (SSSR count). The van der Waals surface area contributed by atoms with E-state index in [-0.39, 0.29) is 17.6 Å². The van der Waals surface area contributed by atoms with Crippen LogP contribution in [0.1, 0.15) is 44.7 Å². The average Bonchev–Trinajstić information content (AvgIpc) is 3.29. The summed E-state index contributed by atoms with van der Waals surface area (Å²) in [6, 6.07) is 9.19. The molecule has 0 radical (unpaired) electrons. The second-order valence-electron chi connectivity index (χ2n) is 8.46. The minimum Gasteiger partial charge on any atom is -0.496 e. The highest BCUT2D eigenvalue weighted by molar-refractivity contribution is 8.00. The van der Waals surface area contributed by atoms with E-state index in [0.717, 1.165) is 45.1 Å². The molecule has 10 heteroatoms. The van der Waals surface area contributed by atoms with Gasteiger partial charge in [-0.3, -0.25) is 4.79 Å². The zero-order chi connectivity index (χ0) is 26.8. The van der Waals surface area contributed by atoms with Crippen molar-refractivity contribution in [3.05, 3.63) is 53.7 Å². The highest BCUT2D eigenvalue weighted by Crippen LogP contribution is 2.38. The summed E-state index contributed by atoms with van der Waals surface area (Å²) >= 11 is 2.76. The maximum Gasteiger partial charge on any atom is 0.308 e. The third-order valence-corrected chi connectivity index (χ3v) is 7.95. The molecule has 1 aliphatic rings. The minimum absolute atomic E-state index is 0.0206. The number of benzene rings is 2. The SMILES string of the molecule is CCOC(=O)C1CCCCC1.CNc1nc(C)c(-c2ccc(OC)c(SNc3ccc(F)cc3F)c2)s1. The molecule has 0 saturated heterocycles. The van der Waals surface area contributed by atoms with Crippen LogP contribution in [0.2, 0.25) is 0 Å². The molecule has 0 spiro atoms. The third-order valence-electron chi connectivity index (χ3n) is 5.86. The second kappa shape index (κ2) is 14.2. The Hall–Kier alpha value is -2.85. The molecule has 1 aliphatic carbocycles. The van der Waals surface area contributed by atoms with Crippen LogP contribution in [0.5, 0.6) is 5.75 Å². The Bertz CT molecular complexity index is 1180. The predicted molar refractivity (Wildman–Crippen MR) is 147 cm³/mol. The summed E-state index contributed by atoms with van der Waals surface area (Å²) in [6.45, 7) is 4.34. The molecular formula is C27H33F2N3O3S2. The Balaban J connectivity index is 0.000000289. The van der Waals surface area contributed by atoms with E-state index in [1.165, 1.54) is 43.3 Å². The van der Waals surface area contributed by atoms with Crippen LogP contribution in [-0.4, -0.2) is 31.7 Å². The number of ether oxygens (including phenoxy) is 2. The summed E-state index contributed by atoms with van der Waals surface area (Å²) < 4.78 is 40.1. The minimum atomic E-state index is -0.649. The van der Waals surface area contributed by atoms with Gasteiger partial charge in [0.05, 0.1) is 40.8 Å². The normalized spacial score (nSPS) is 13.4. The van der Waals surface area contributed by atoms with E-state index in [1.54, 1.807) is 18.4 Å². The topological polar surface area (TPSA) is 72.5 Å². The fourth-order valence-electron chi connectivity index (χ4n) is 3.95. The number of aryl methyl sites for hydroxylation is 1. The van der Waals surface area contributed by atoms with Crippen molar-refractivity contribution in [1.29, 1.82) is 0 Å². The predicted octanol–water partition coefficient (Wildman–Crippen LogP) is 7.70. The molecule has 200 valence electrons. The lowest BCUT2D eigenvalue weighted by Crippen LogP contribution is -2.20. The van der Waals surface area contributed by atoms with Gasteiger partial charge in [0.1, 0.15) is 17.4 Å². The summed E-state index contributed by atoms with van der Waals surface area (Å²) in [5, 5.41) is 3.89. The molecule has 0 amide bonds. The van der Waals surface area contributed by atoms with Crippen molar-refractivity contribution in [3.63, 3.8) is 0 Å². The first-order valence-electron chi connectivity index (χ1n) is 12.2. The van der Waals surface area contributed by atoms with E-state index in [0.29, 0.717) is 12.4 Å². The van der Waals surface area contributed by atoms with E-state index in [2.05, 4.69) is 15.0 Å². The quantitative estimate of drug-likeness (QED) is 0.220. The molecule has 1 saturated carbocycles. The number of nitrogens with one attached hydrogen (secondary N) is 2. The van der Waals surface area contributed by atoms with E-state index in [4.69, 9.17) is 9.47 Å². The van der Waals surface area contributed by atoms with Crippen molar-refractivity contribution in [2.75, 3.05) is 30.8 Å². The van der Waals surface area contributed by atoms with Crippen LogP contribution in [0, 0.1) is 24.5 Å². The summed E-state index contributed by atoms with van der Waals surface area (Å²) in [6.07, 6.45) is 5.76. The number of thiazole rings is 1. The summed E-state index contributed by atoms with van der Waals surface area (Å²) in [7, 11) is 3.41. The number of carbonyl (C=O) groups excluding carboxylic acids is 1. The zero-order valence-electron chi connectivity index (χ0n) is 21.5. The molecule has 2 aromatic carbocycles. The fourth-order valence-corrected chi connectivity index (χ4v) is 5.69. The number of aromatic nitrogens is 1. The number of methoxy groups -OCH3 is 1. The van der Waals surface area contributed by atoms with Crippen LogP contribution in [0.4, 0.5) is 19.6 Å². The molecule has 3 aromatic rings. The Morgan fingerprint density at radius 1 is 1.16 bits per heavy atom. The van der Waals surface area contributed by atoms with Crippen molar-refractivity contribution in [2.45, 2.75) is 50.8 Å². The highest BCUT2D eigenvalue weighted by atomic mass is 32.2. The van der Waals surface area contributed by atoms with Crippen LogP contribution >= 0.6 is 23.3 Å². The summed E-state index contributed by atoms with van der Waals surface area (Å²) in [4.78, 5) is 17.5. The van der Waals surface area contributed by atoms with Crippen molar-refractivity contribution < 1.29 is 23.0 Å². The monoisotopic (exact) mass is 549 g/mol.